The summed E-state index contributed by atoms with van der Waals surface area (Å²) in [7, 11) is 0. The van der Waals surface area contributed by atoms with Gasteiger partial charge in [-0.15, -0.1) is 0 Å². The van der Waals surface area contributed by atoms with Crippen LogP contribution in [0.25, 0.3) is 0 Å². The zero-order valence-corrected chi connectivity index (χ0v) is 65.1. The first-order chi connectivity index (χ1) is 49.0. The highest BCUT2D eigenvalue weighted by molar-refractivity contribution is 6.00. The van der Waals surface area contributed by atoms with Gasteiger partial charge in [0.25, 0.3) is 0 Å². The van der Waals surface area contributed by atoms with Gasteiger partial charge in [-0.3, -0.25) is 62.3 Å². The first-order valence-electron chi connectivity index (χ1n) is 38.4. The lowest BCUT2D eigenvalue weighted by molar-refractivity contribution is -0.143. The summed E-state index contributed by atoms with van der Waals surface area (Å²) >= 11 is 0. The van der Waals surface area contributed by atoms with E-state index in [2.05, 4.69) is 58.5 Å². The van der Waals surface area contributed by atoms with Crippen molar-refractivity contribution in [3.05, 3.63) is 0 Å². The number of nitrogens with one attached hydrogen (secondary N) is 11. The quantitative estimate of drug-likeness (QED) is 0.0373. The molecule has 1 aliphatic rings. The molecule has 31 heteroatoms. The number of likely N-dealkylation sites (tertiary alicyclic amines) is 1. The number of hydrogen-bond donors (Lipinski definition) is 17. The fraction of sp³-hybridized carbons (Fsp3) is 0.822. The lowest BCUT2D eigenvalue weighted by Crippen LogP contribution is -2.61. The van der Waals surface area contributed by atoms with E-state index in [0.717, 1.165) is 0 Å². The van der Waals surface area contributed by atoms with Gasteiger partial charge in [0.2, 0.25) is 76.8 Å². The molecule has 0 saturated carbocycles. The maximum atomic E-state index is 15.0. The second-order valence-electron chi connectivity index (χ2n) is 30.7. The minimum Gasteiger partial charge on any atom is -0.368 e. The number of rotatable bonds is 55. The highest BCUT2D eigenvalue weighted by Crippen LogP contribution is 2.23. The third-order valence-electron chi connectivity index (χ3n) is 17.8. The first kappa shape index (κ1) is 94.9. The highest BCUT2D eigenvalue weighted by Gasteiger charge is 2.42. The van der Waals surface area contributed by atoms with Crippen molar-refractivity contribution in [2.75, 3.05) is 39.3 Å². The number of amides is 13. The minimum absolute atomic E-state index is 0.0221. The molecule has 0 bridgehead atoms. The molecule has 0 aliphatic carbocycles. The largest absolute Gasteiger partial charge is 0.368 e. The van der Waals surface area contributed by atoms with Crippen LogP contribution in [0, 0.1) is 35.5 Å². The Morgan fingerprint density at radius 1 is 0.308 bits per heavy atom. The van der Waals surface area contributed by atoms with Gasteiger partial charge < -0.3 is 97.8 Å². The molecule has 0 unspecified atom stereocenters. The molecular weight excluding hydrogens is 1340 g/mol. The molecule has 1 saturated heterocycles. The SMILES string of the molecule is CC(=O)N[C@@H](CC(C)C)C(=O)N[C@@H](CCCCN)C(=O)N[C@@H](CC(C)C)C(=O)N[C@@H](CC(C)C)C(=O)N[C@@H](CCCCN)C(=O)N[C@@H](CCCCN)C(=O)N1CCC[C@H]1C(=O)N[C@@H](CC(C)C)C(=O)N[C@@H](CCCCN)C(=O)N[C@@H](CC(C)C)C(=O)N[C@@H](CC(C)C)C(=O)N[C@@H](CCCCN)C(N)=O. The number of carbonyl (C=O) groups excluding carboxylic acids is 13. The summed E-state index contributed by atoms with van der Waals surface area (Å²) in [6, 6.07) is -13.7. The van der Waals surface area contributed by atoms with E-state index in [1.54, 1.807) is 0 Å². The van der Waals surface area contributed by atoms with E-state index in [1.165, 1.54) is 11.8 Å². The molecular formula is C73H138N18O13. The third-order valence-corrected chi connectivity index (χ3v) is 17.8. The van der Waals surface area contributed by atoms with Gasteiger partial charge in [0.1, 0.15) is 72.5 Å². The molecule has 0 radical (unpaired) electrons. The number of hydrogen-bond acceptors (Lipinski definition) is 18. The van der Waals surface area contributed by atoms with E-state index < -0.39 is 149 Å². The van der Waals surface area contributed by atoms with Crippen molar-refractivity contribution >= 4 is 76.8 Å². The fourth-order valence-electron chi connectivity index (χ4n) is 12.5. The van der Waals surface area contributed by atoms with E-state index in [9.17, 15) is 57.5 Å². The summed E-state index contributed by atoms with van der Waals surface area (Å²) in [6.45, 7) is 25.3. The van der Waals surface area contributed by atoms with Crippen molar-refractivity contribution in [1.82, 2.24) is 63.4 Å². The van der Waals surface area contributed by atoms with E-state index in [0.29, 0.717) is 90.1 Å². The summed E-state index contributed by atoms with van der Waals surface area (Å²) in [5, 5.41) is 30.9. The van der Waals surface area contributed by atoms with Crippen LogP contribution in [0.1, 0.15) is 238 Å². The summed E-state index contributed by atoms with van der Waals surface area (Å²) < 4.78 is 0. The maximum Gasteiger partial charge on any atom is 0.245 e. The number of primary amides is 1. The first-order valence-corrected chi connectivity index (χ1v) is 38.4. The molecule has 1 rings (SSSR count). The zero-order chi connectivity index (χ0) is 78.8. The van der Waals surface area contributed by atoms with Crippen LogP contribution < -0.4 is 92.9 Å². The molecule has 1 fully saturated rings. The lowest BCUT2D eigenvalue weighted by Gasteiger charge is -2.32. The van der Waals surface area contributed by atoms with Crippen molar-refractivity contribution < 1.29 is 62.3 Å². The number of nitrogens with two attached hydrogens (primary N) is 6. The summed E-state index contributed by atoms with van der Waals surface area (Å²) in [6.07, 6.45) is 7.07. The standard InChI is InChI=1S/C73H138N18O13/c1-43(2)37-55(80-49(13)92)66(97)82-52(27-16-21-33-76)64(95)86-59(41-47(9)10)71(102)89-57(39-45(5)6)68(99)83-51(26-15-20-32-75)63(94)85-54(29-18-23-35-78)73(104)91-36-24-30-61(91)72(103)90-60(42-48(11)12)69(100)84-53(28-17-22-34-77)65(96)87-58(40-46(7)8)70(101)88-56(38-44(3)4)67(98)81-50(62(79)93)25-14-19-31-74/h43-48,50-61H,14-42,74-78H2,1-13H3,(H2,79,93)(H,80,92)(H,81,98)(H,82,97)(H,83,99)(H,84,100)(H,85,94)(H,86,95)(H,87,96)(H,88,101)(H,89,102)(H,90,103)/t50-,51-,52-,53-,54-,55-,56-,57-,58-,59-,60-,61-/m0/s1. The second kappa shape index (κ2) is 52.0. The van der Waals surface area contributed by atoms with Crippen LogP contribution in [-0.4, -0.2) is 193 Å². The molecule has 0 aromatic heterocycles. The van der Waals surface area contributed by atoms with Gasteiger partial charge in [-0.2, -0.15) is 0 Å². The predicted octanol–water partition coefficient (Wildman–Crippen LogP) is 0.737. The van der Waals surface area contributed by atoms with Crippen LogP contribution in [-0.2, 0) is 62.3 Å². The molecule has 598 valence electrons. The predicted molar refractivity (Wildman–Crippen MR) is 402 cm³/mol. The average Bonchev–Trinajstić information content (AvgIpc) is 1.62. The summed E-state index contributed by atoms with van der Waals surface area (Å²) in [5.74, 6) is -9.07. The van der Waals surface area contributed by atoms with Crippen LogP contribution >= 0.6 is 0 Å². The van der Waals surface area contributed by atoms with Gasteiger partial charge in [-0.25, -0.2) is 0 Å². The van der Waals surface area contributed by atoms with E-state index in [4.69, 9.17) is 34.4 Å². The molecule has 0 aromatic rings. The summed E-state index contributed by atoms with van der Waals surface area (Å²) in [4.78, 5) is 184. The van der Waals surface area contributed by atoms with Gasteiger partial charge in [0, 0.05) is 13.5 Å². The molecule has 23 N–H and O–H groups in total. The highest BCUT2D eigenvalue weighted by atomic mass is 16.2. The second-order valence-corrected chi connectivity index (χ2v) is 30.7. The molecule has 1 heterocycles. The molecule has 12 atom stereocenters. The van der Waals surface area contributed by atoms with Crippen molar-refractivity contribution in [2.24, 2.45) is 69.9 Å². The average molecular weight is 1480 g/mol. The third kappa shape index (κ3) is 38.3. The van der Waals surface area contributed by atoms with Crippen molar-refractivity contribution in [3.63, 3.8) is 0 Å². The Hall–Kier alpha value is -7.09. The topological polar surface area (TPSA) is 514 Å². The molecule has 13 amide bonds. The van der Waals surface area contributed by atoms with Gasteiger partial charge >= 0.3 is 0 Å². The van der Waals surface area contributed by atoms with Gasteiger partial charge in [0.15, 0.2) is 0 Å². The number of carbonyl (C=O) groups is 13. The normalized spacial score (nSPS) is 16.2. The van der Waals surface area contributed by atoms with Gasteiger partial charge in [-0.05, 0) is 216 Å². The van der Waals surface area contributed by atoms with Crippen LogP contribution in [0.3, 0.4) is 0 Å². The van der Waals surface area contributed by atoms with Crippen LogP contribution in [0.5, 0.6) is 0 Å². The Bertz CT molecular complexity index is 2670. The van der Waals surface area contributed by atoms with E-state index >= 15 is 4.79 Å². The fourth-order valence-corrected chi connectivity index (χ4v) is 12.5. The van der Waals surface area contributed by atoms with Crippen LogP contribution in [0.2, 0.25) is 0 Å². The maximum absolute atomic E-state index is 15.0. The Kier molecular flexibility index (Phi) is 47.5. The number of nitrogens with zero attached hydrogens (tertiary/aromatic N) is 1. The van der Waals surface area contributed by atoms with Gasteiger partial charge in [-0.1, -0.05) is 83.1 Å². The number of unbranched alkanes of at least 4 members (excludes halogenated alkanes) is 5. The Labute approximate surface area is 619 Å². The summed E-state index contributed by atoms with van der Waals surface area (Å²) in [5.41, 5.74) is 34.8. The van der Waals surface area contributed by atoms with E-state index in [1.807, 2.05) is 83.1 Å². The molecule has 31 nitrogen and oxygen atoms in total. The van der Waals surface area contributed by atoms with Crippen molar-refractivity contribution in [3.8, 4) is 0 Å². The Morgan fingerprint density at radius 3 is 0.788 bits per heavy atom. The smallest absolute Gasteiger partial charge is 0.245 e. The van der Waals surface area contributed by atoms with Gasteiger partial charge in [0.05, 0.1) is 0 Å². The van der Waals surface area contributed by atoms with Crippen LogP contribution in [0.4, 0.5) is 0 Å². The molecule has 0 aromatic carbocycles. The van der Waals surface area contributed by atoms with Crippen molar-refractivity contribution in [1.29, 1.82) is 0 Å². The molecule has 1 aliphatic heterocycles. The molecule has 104 heavy (non-hydrogen) atoms. The van der Waals surface area contributed by atoms with Crippen LogP contribution in [0.15, 0.2) is 0 Å². The Morgan fingerprint density at radius 2 is 0.529 bits per heavy atom. The van der Waals surface area contributed by atoms with E-state index in [-0.39, 0.29) is 132 Å². The Balaban J connectivity index is 3.66. The van der Waals surface area contributed by atoms with Crippen molar-refractivity contribution in [2.45, 2.75) is 310 Å². The molecule has 0 spiro atoms. The lowest BCUT2D eigenvalue weighted by atomic mass is 9.98. The zero-order valence-electron chi connectivity index (χ0n) is 65.1. The monoisotopic (exact) mass is 1480 g/mol. The minimum atomic E-state index is -1.25.